The van der Waals surface area contributed by atoms with Crippen LogP contribution in [0.5, 0.6) is 11.5 Å². The van der Waals surface area contributed by atoms with Crippen LogP contribution in [-0.2, 0) is 40.8 Å². The number of benzene rings is 2. The first kappa shape index (κ1) is 58.2. The number of methoxy groups -OCH3 is 1. The van der Waals surface area contributed by atoms with Crippen molar-refractivity contribution in [3.63, 3.8) is 0 Å². The molecular weight excluding hydrogens is 1070 g/mol. The average molecular weight is 1150 g/mol. The van der Waals surface area contributed by atoms with E-state index in [1.54, 1.807) is 56.6 Å². The minimum Gasteiger partial charge on any atom is -0.494 e. The zero-order valence-electron chi connectivity index (χ0n) is 48.3. The molecule has 0 atom stereocenters. The number of alkyl halides is 2. The topological polar surface area (TPSA) is 251 Å². The van der Waals surface area contributed by atoms with Crippen LogP contribution in [0.25, 0.3) is 16.5 Å². The molecule has 4 aliphatic heterocycles. The van der Waals surface area contributed by atoms with Crippen LogP contribution in [0.2, 0.25) is 0 Å². The second-order valence-corrected chi connectivity index (χ2v) is 22.4. The molecule has 0 unspecified atom stereocenters. The fourth-order valence-corrected chi connectivity index (χ4v) is 12.7. The molecule has 3 aromatic heterocycles. The lowest BCUT2D eigenvalue weighted by molar-refractivity contribution is -0.138. The number of hydrogen-bond donors (Lipinski definition) is 6. The summed E-state index contributed by atoms with van der Waals surface area (Å²) in [6.45, 7) is 5.50. The van der Waals surface area contributed by atoms with Gasteiger partial charge in [0.25, 0.3) is 17.9 Å². The van der Waals surface area contributed by atoms with Crippen LogP contribution in [0.4, 0.5) is 42.5 Å². The number of hydrogen-bond acceptors (Lipinski definition) is 15. The lowest BCUT2D eigenvalue weighted by atomic mass is 9.84. The normalized spacial score (nSPS) is 18.8. The highest BCUT2D eigenvalue weighted by molar-refractivity contribution is 5.91. The maximum Gasteiger partial charge on any atom is 0.317 e. The predicted molar refractivity (Wildman–Crippen MR) is 313 cm³/mol. The van der Waals surface area contributed by atoms with Crippen molar-refractivity contribution in [1.82, 2.24) is 55.4 Å². The van der Waals surface area contributed by atoms with Gasteiger partial charge >= 0.3 is 6.03 Å². The highest BCUT2D eigenvalue weighted by Gasteiger charge is 2.38. The Hall–Kier alpha value is -8.02. The number of nitrogens with one attached hydrogen (secondary N) is 5. The van der Waals surface area contributed by atoms with Gasteiger partial charge in [0.1, 0.15) is 11.6 Å². The van der Waals surface area contributed by atoms with Gasteiger partial charge in [-0.1, -0.05) is 0 Å². The third kappa shape index (κ3) is 12.1. The summed E-state index contributed by atoms with van der Waals surface area (Å²) in [5.41, 5.74) is 12.2. The summed E-state index contributed by atoms with van der Waals surface area (Å²) in [5.74, 6) is 1.86. The largest absolute Gasteiger partial charge is 0.494 e. The summed E-state index contributed by atoms with van der Waals surface area (Å²) >= 11 is 0. The number of piperidine rings is 2. The second kappa shape index (κ2) is 25.2. The number of amides is 5. The second-order valence-electron chi connectivity index (χ2n) is 22.4. The highest BCUT2D eigenvalue weighted by atomic mass is 19.3. The molecular formula is C59H77F2N15O7. The number of nitrogens with two attached hydrogens (primary N) is 1. The van der Waals surface area contributed by atoms with Crippen LogP contribution in [0, 0.1) is 18.8 Å². The number of aryl methyl sites for hydroxylation is 3. The Labute approximate surface area is 481 Å². The van der Waals surface area contributed by atoms with Crippen molar-refractivity contribution in [3.05, 3.63) is 86.6 Å². The molecule has 24 heteroatoms. The van der Waals surface area contributed by atoms with Crippen LogP contribution in [0.15, 0.2) is 47.5 Å². The first-order chi connectivity index (χ1) is 40.1. The first-order valence-corrected chi connectivity index (χ1v) is 29.0. The van der Waals surface area contributed by atoms with Crippen molar-refractivity contribution in [2.45, 2.75) is 103 Å². The Morgan fingerprint density at radius 3 is 2.31 bits per heavy atom. The molecule has 0 bridgehead atoms. The lowest BCUT2D eigenvalue weighted by Gasteiger charge is -2.37. The van der Waals surface area contributed by atoms with E-state index < -0.39 is 12.0 Å². The number of ether oxygens (including phenoxy) is 2. The van der Waals surface area contributed by atoms with E-state index in [0.717, 1.165) is 41.6 Å². The van der Waals surface area contributed by atoms with Crippen LogP contribution in [-0.4, -0.2) is 145 Å². The van der Waals surface area contributed by atoms with E-state index in [-0.39, 0.29) is 72.1 Å². The maximum absolute atomic E-state index is 14.8. The van der Waals surface area contributed by atoms with E-state index in [0.29, 0.717) is 154 Å². The molecule has 2 aromatic carbocycles. The van der Waals surface area contributed by atoms with Gasteiger partial charge in [0.05, 0.1) is 25.2 Å². The Morgan fingerprint density at radius 2 is 1.63 bits per heavy atom. The van der Waals surface area contributed by atoms with Gasteiger partial charge in [-0.3, -0.25) is 23.9 Å². The number of pyridine rings is 1. The van der Waals surface area contributed by atoms with Gasteiger partial charge in [0.2, 0.25) is 17.8 Å². The predicted octanol–water partition coefficient (Wildman–Crippen LogP) is 5.70. The van der Waals surface area contributed by atoms with E-state index in [1.807, 2.05) is 24.0 Å². The molecule has 444 valence electrons. The molecule has 0 radical (unpaired) electrons. The van der Waals surface area contributed by atoms with E-state index in [2.05, 4.69) is 46.0 Å². The van der Waals surface area contributed by atoms with Crippen molar-refractivity contribution in [3.8, 4) is 11.5 Å². The standard InChI is InChI=1S/C59H77F2N15O7/c1-34-30-66-58(69-53(34)67-41-24-38-26-49(83-33-50(77)64-3)57(80)71(5)51(38)48(27-41)82-6)73-19-13-35(14-20-73)55(78)68-40-11-9-36(10-12-40)56(79)72-21-15-42(16-22-72)76-46-17-23-74(59(81)65-4)32-45(46)54(70-76)75-18-7-8-37-25-43(39(29-62)31-63-2)44(52(60)61)28-47(37)75/h24-28,30-31,35-36,40,42,52,63H,7-23,29,32-33,62H2,1-6H3,(H,64,77)(H,65,81)(H,68,78)(H,66,67,69)/b39-31+. The summed E-state index contributed by atoms with van der Waals surface area (Å²) in [6.07, 6.45) is 8.36. The van der Waals surface area contributed by atoms with Gasteiger partial charge < -0.3 is 66.0 Å². The van der Waals surface area contributed by atoms with Gasteiger partial charge in [-0.05, 0) is 112 Å². The van der Waals surface area contributed by atoms with E-state index in [1.165, 1.54) is 18.7 Å². The third-order valence-electron chi connectivity index (χ3n) is 17.3. The molecule has 22 nitrogen and oxygen atoms in total. The molecule has 5 amide bonds. The zero-order chi connectivity index (χ0) is 58.6. The minimum absolute atomic E-state index is 0.00125. The molecule has 3 fully saturated rings. The van der Waals surface area contributed by atoms with Crippen LogP contribution in [0.1, 0.15) is 104 Å². The number of carbonyl (C=O) groups excluding carboxylic acids is 4. The van der Waals surface area contributed by atoms with E-state index in [9.17, 15) is 32.8 Å². The molecule has 1 saturated carbocycles. The number of rotatable bonds is 16. The summed E-state index contributed by atoms with van der Waals surface area (Å²) in [6, 6.07) is 8.52. The maximum atomic E-state index is 14.8. The number of carbonyl (C=O) groups is 4. The molecule has 10 rings (SSSR count). The number of likely N-dealkylation sites (tertiary alicyclic amines) is 1. The minimum atomic E-state index is -2.73. The zero-order valence-corrected chi connectivity index (χ0v) is 48.3. The van der Waals surface area contributed by atoms with Crippen molar-refractivity contribution < 1.29 is 37.4 Å². The Bertz CT molecular complexity index is 3340. The van der Waals surface area contributed by atoms with Gasteiger partial charge in [-0.25, -0.2) is 18.6 Å². The van der Waals surface area contributed by atoms with Crippen LogP contribution >= 0.6 is 0 Å². The first-order valence-electron chi connectivity index (χ1n) is 29.0. The average Bonchev–Trinajstić information content (AvgIpc) is 4.18. The molecule has 1 aliphatic carbocycles. The summed E-state index contributed by atoms with van der Waals surface area (Å²) in [5, 5.41) is 20.9. The fraction of sp³-hybridized carbons (Fsp3) is 0.525. The monoisotopic (exact) mass is 1150 g/mol. The number of aromatic nitrogens is 5. The smallest absolute Gasteiger partial charge is 0.317 e. The molecule has 7 N–H and O–H groups in total. The lowest BCUT2D eigenvalue weighted by Crippen LogP contribution is -2.47. The third-order valence-corrected chi connectivity index (χ3v) is 17.3. The number of fused-ring (bicyclic) bond motifs is 3. The molecule has 0 spiro atoms. The molecule has 5 aliphatic rings. The summed E-state index contributed by atoms with van der Waals surface area (Å²) in [4.78, 5) is 83.3. The van der Waals surface area contributed by atoms with Crippen molar-refractivity contribution in [2.24, 2.45) is 24.6 Å². The Balaban J connectivity index is 0.729. The SMILES string of the molecule is CN/C=C(\CN)c1cc2c(cc1C(F)F)N(c1nn(C3CCN(C(=O)C4CCC(NC(=O)C5CCN(c6ncc(C)c(Nc7cc(OC)c8c(c7)cc(OCC(=O)NC)c(=O)n8C)n6)CC5)CC4)CC3)c3c1CN(C(=O)NC)CC3)CCC2. The van der Waals surface area contributed by atoms with Crippen LogP contribution < -0.4 is 57.2 Å². The Kier molecular flexibility index (Phi) is 17.7. The molecule has 5 aromatic rings. The number of anilines is 5. The fourth-order valence-electron chi connectivity index (χ4n) is 12.7. The van der Waals surface area contributed by atoms with Crippen LogP contribution in [0.3, 0.4) is 0 Å². The number of halogens is 2. The highest BCUT2D eigenvalue weighted by Crippen LogP contribution is 2.43. The quantitative estimate of drug-likeness (QED) is 0.0693. The summed E-state index contributed by atoms with van der Waals surface area (Å²) in [7, 11) is 7.98. The van der Waals surface area contributed by atoms with Gasteiger partial charge in [0.15, 0.2) is 18.2 Å². The van der Waals surface area contributed by atoms with Crippen molar-refractivity contribution >= 4 is 69.2 Å². The molecule has 83 heavy (non-hydrogen) atoms. The number of urea groups is 1. The number of nitrogens with zero attached hydrogens (tertiary/aromatic N) is 9. The van der Waals surface area contributed by atoms with Crippen molar-refractivity contribution in [1.29, 1.82) is 0 Å². The van der Waals surface area contributed by atoms with Crippen molar-refractivity contribution in [2.75, 3.05) is 95.8 Å². The Morgan fingerprint density at radius 1 is 0.867 bits per heavy atom. The van der Waals surface area contributed by atoms with Gasteiger partial charge in [-0.15, -0.1) is 0 Å². The van der Waals surface area contributed by atoms with Gasteiger partial charge in [0, 0.05) is 156 Å². The van der Waals surface area contributed by atoms with E-state index in [4.69, 9.17) is 25.3 Å². The molecule has 7 heterocycles. The molecule has 2 saturated heterocycles. The number of likely N-dealkylation sites (N-methyl/N-ethyl adjacent to an activating group) is 1. The summed E-state index contributed by atoms with van der Waals surface area (Å²) < 4.78 is 44.5. The van der Waals surface area contributed by atoms with Gasteiger partial charge in [-0.2, -0.15) is 10.1 Å². The van der Waals surface area contributed by atoms with E-state index >= 15 is 0 Å².